The topological polar surface area (TPSA) is 50.4 Å². The zero-order valence-corrected chi connectivity index (χ0v) is 15.5. The van der Waals surface area contributed by atoms with Gasteiger partial charge in [0.1, 0.15) is 5.60 Å². The molecule has 4 nitrogen and oxygen atoms in total. The highest BCUT2D eigenvalue weighted by atomic mass is 35.5. The number of carbonyl (C=O) groups is 1. The van der Waals surface area contributed by atoms with Crippen LogP contribution >= 0.6 is 23.2 Å². The molecule has 1 unspecified atom stereocenters. The van der Waals surface area contributed by atoms with E-state index in [1.807, 2.05) is 32.9 Å². The summed E-state index contributed by atoms with van der Waals surface area (Å²) in [5.41, 5.74) is 0.520. The largest absolute Gasteiger partial charge is 0.444 e. The molecule has 1 amide bonds. The number of halogens is 2. The van der Waals surface area contributed by atoms with Crippen LogP contribution in [0.3, 0.4) is 0 Å². The van der Waals surface area contributed by atoms with Crippen LogP contribution in [-0.4, -0.2) is 23.8 Å². The number of amides is 1. The van der Waals surface area contributed by atoms with Crippen molar-refractivity contribution in [1.82, 2.24) is 10.6 Å². The zero-order valence-electron chi connectivity index (χ0n) is 14.0. The molecule has 0 aromatic heterocycles. The first-order valence-electron chi connectivity index (χ1n) is 7.85. The lowest BCUT2D eigenvalue weighted by molar-refractivity contribution is 0.0463. The van der Waals surface area contributed by atoms with Crippen molar-refractivity contribution in [3.63, 3.8) is 0 Å². The molecule has 1 fully saturated rings. The van der Waals surface area contributed by atoms with Gasteiger partial charge in [0.25, 0.3) is 0 Å². The van der Waals surface area contributed by atoms with E-state index in [9.17, 15) is 4.79 Å². The summed E-state index contributed by atoms with van der Waals surface area (Å²) < 4.78 is 5.26. The molecule has 2 rings (SSSR count). The summed E-state index contributed by atoms with van der Waals surface area (Å²) in [6, 6.07) is 6.26. The first kappa shape index (κ1) is 18.4. The average molecular weight is 359 g/mol. The van der Waals surface area contributed by atoms with Gasteiger partial charge in [0, 0.05) is 18.1 Å². The van der Waals surface area contributed by atoms with Gasteiger partial charge >= 0.3 is 6.09 Å². The van der Waals surface area contributed by atoms with E-state index in [2.05, 4.69) is 17.6 Å². The van der Waals surface area contributed by atoms with Gasteiger partial charge in [-0.25, -0.2) is 4.79 Å². The average Bonchev–Trinajstić information content (AvgIpc) is 2.37. The molecule has 0 saturated heterocycles. The lowest BCUT2D eigenvalue weighted by Crippen LogP contribution is -2.53. The minimum Gasteiger partial charge on any atom is -0.444 e. The van der Waals surface area contributed by atoms with E-state index in [4.69, 9.17) is 27.9 Å². The molecule has 0 spiro atoms. The Labute approximate surface area is 147 Å². The number of hydrogen-bond acceptors (Lipinski definition) is 3. The Morgan fingerprint density at radius 2 is 1.91 bits per heavy atom. The Balaban J connectivity index is 1.78. The van der Waals surface area contributed by atoms with Crippen LogP contribution in [0, 0.1) is 0 Å². The molecule has 1 aromatic rings. The van der Waals surface area contributed by atoms with E-state index in [1.165, 1.54) is 0 Å². The molecule has 1 aliphatic rings. The maximum Gasteiger partial charge on any atom is 0.407 e. The van der Waals surface area contributed by atoms with Crippen molar-refractivity contribution in [3.8, 4) is 0 Å². The van der Waals surface area contributed by atoms with E-state index < -0.39 is 5.60 Å². The van der Waals surface area contributed by atoms with Gasteiger partial charge < -0.3 is 15.4 Å². The number of alkyl carbamates (subject to hydrolysis) is 1. The fourth-order valence-corrected chi connectivity index (χ4v) is 3.12. The van der Waals surface area contributed by atoms with Crippen molar-refractivity contribution in [3.05, 3.63) is 33.8 Å². The fraction of sp³-hybridized carbons (Fsp3) is 0.588. The molecule has 2 N–H and O–H groups in total. The second-order valence-electron chi connectivity index (χ2n) is 7.04. The van der Waals surface area contributed by atoms with Crippen molar-refractivity contribution < 1.29 is 9.53 Å². The van der Waals surface area contributed by atoms with Crippen LogP contribution in [0.15, 0.2) is 18.2 Å². The van der Waals surface area contributed by atoms with Crippen molar-refractivity contribution in [2.75, 3.05) is 0 Å². The highest BCUT2D eigenvalue weighted by Crippen LogP contribution is 2.31. The minimum atomic E-state index is -0.469. The molecule has 0 aliphatic heterocycles. The van der Waals surface area contributed by atoms with Crippen LogP contribution in [0.4, 0.5) is 4.79 Å². The summed E-state index contributed by atoms with van der Waals surface area (Å²) in [5.74, 6) is 0. The molecular weight excluding hydrogens is 335 g/mol. The number of hydrogen-bond donors (Lipinski definition) is 2. The number of ether oxygens (including phenoxy) is 1. The van der Waals surface area contributed by atoms with E-state index in [1.54, 1.807) is 6.07 Å². The van der Waals surface area contributed by atoms with Crippen LogP contribution in [0.25, 0.3) is 0 Å². The first-order valence-corrected chi connectivity index (χ1v) is 8.61. The highest BCUT2D eigenvalue weighted by Gasteiger charge is 2.32. The zero-order chi connectivity index (χ0) is 17.2. The van der Waals surface area contributed by atoms with Crippen molar-refractivity contribution in [2.45, 2.75) is 64.3 Å². The molecule has 0 radical (unpaired) electrons. The summed E-state index contributed by atoms with van der Waals surface area (Å²) in [6.07, 6.45) is 1.40. The van der Waals surface area contributed by atoms with Gasteiger partial charge in [0.05, 0.1) is 10.0 Å². The molecule has 128 valence electrons. The SMILES string of the molecule is CC(NC1CC(NC(=O)OC(C)(C)C)C1)c1cccc(Cl)c1Cl. The Hall–Kier alpha value is -0.970. The Kier molecular flexibility index (Phi) is 5.82. The van der Waals surface area contributed by atoms with E-state index in [0.29, 0.717) is 16.1 Å². The predicted octanol–water partition coefficient (Wildman–Crippen LogP) is 4.70. The summed E-state index contributed by atoms with van der Waals surface area (Å²) in [7, 11) is 0. The normalized spacial score (nSPS) is 22.2. The summed E-state index contributed by atoms with van der Waals surface area (Å²) >= 11 is 12.3. The van der Waals surface area contributed by atoms with Gasteiger partial charge in [0.15, 0.2) is 0 Å². The number of nitrogens with one attached hydrogen (secondary N) is 2. The number of carbonyl (C=O) groups excluding carboxylic acids is 1. The Morgan fingerprint density at radius 3 is 2.52 bits per heavy atom. The van der Waals surface area contributed by atoms with Crippen LogP contribution in [0.2, 0.25) is 10.0 Å². The second kappa shape index (κ2) is 7.29. The Morgan fingerprint density at radius 1 is 1.26 bits per heavy atom. The minimum absolute atomic E-state index is 0.105. The highest BCUT2D eigenvalue weighted by molar-refractivity contribution is 6.42. The van der Waals surface area contributed by atoms with Crippen LogP contribution in [0.5, 0.6) is 0 Å². The third kappa shape index (κ3) is 5.27. The van der Waals surface area contributed by atoms with E-state index in [-0.39, 0.29) is 18.2 Å². The van der Waals surface area contributed by atoms with Crippen LogP contribution in [-0.2, 0) is 4.74 Å². The molecule has 1 atom stereocenters. The third-order valence-electron chi connectivity index (χ3n) is 3.79. The molecule has 0 bridgehead atoms. The third-order valence-corrected chi connectivity index (χ3v) is 4.63. The van der Waals surface area contributed by atoms with Gasteiger partial charge in [-0.05, 0) is 52.2 Å². The van der Waals surface area contributed by atoms with Gasteiger partial charge in [-0.1, -0.05) is 35.3 Å². The molecule has 23 heavy (non-hydrogen) atoms. The summed E-state index contributed by atoms with van der Waals surface area (Å²) in [4.78, 5) is 11.7. The molecule has 1 aromatic carbocycles. The lowest BCUT2D eigenvalue weighted by atomic mass is 9.86. The molecule has 1 aliphatic carbocycles. The molecular formula is C17H24Cl2N2O2. The van der Waals surface area contributed by atoms with Crippen molar-refractivity contribution in [1.29, 1.82) is 0 Å². The summed E-state index contributed by atoms with van der Waals surface area (Å²) in [5, 5.41) is 7.57. The van der Waals surface area contributed by atoms with Crippen molar-refractivity contribution in [2.24, 2.45) is 0 Å². The van der Waals surface area contributed by atoms with Crippen molar-refractivity contribution >= 4 is 29.3 Å². The predicted molar refractivity (Wildman–Crippen MR) is 94.2 cm³/mol. The monoisotopic (exact) mass is 358 g/mol. The van der Waals surface area contributed by atoms with Gasteiger partial charge in [-0.15, -0.1) is 0 Å². The standard InChI is InChI=1S/C17H24Cl2N2O2/c1-10(13-6-5-7-14(18)15(13)19)20-11-8-12(9-11)21-16(22)23-17(2,3)4/h5-7,10-12,20H,8-9H2,1-4H3,(H,21,22). The quantitative estimate of drug-likeness (QED) is 0.819. The van der Waals surface area contributed by atoms with Gasteiger partial charge in [0.2, 0.25) is 0 Å². The fourth-order valence-electron chi connectivity index (χ4n) is 2.64. The van der Waals surface area contributed by atoms with Gasteiger partial charge in [-0.2, -0.15) is 0 Å². The van der Waals surface area contributed by atoms with E-state index >= 15 is 0 Å². The molecule has 6 heteroatoms. The summed E-state index contributed by atoms with van der Waals surface area (Å²) in [6.45, 7) is 7.63. The first-order chi connectivity index (χ1) is 10.7. The lowest BCUT2D eigenvalue weighted by Gasteiger charge is -2.38. The maximum absolute atomic E-state index is 11.7. The molecule has 0 heterocycles. The van der Waals surface area contributed by atoms with Crippen LogP contribution in [0.1, 0.15) is 52.1 Å². The molecule has 1 saturated carbocycles. The Bertz CT molecular complexity index is 566. The second-order valence-corrected chi connectivity index (χ2v) is 7.83. The number of rotatable bonds is 4. The smallest absolute Gasteiger partial charge is 0.407 e. The maximum atomic E-state index is 11.7. The van der Waals surface area contributed by atoms with Crippen LogP contribution < -0.4 is 10.6 Å². The van der Waals surface area contributed by atoms with E-state index in [0.717, 1.165) is 18.4 Å². The van der Waals surface area contributed by atoms with Gasteiger partial charge in [-0.3, -0.25) is 0 Å². The number of benzene rings is 1.